The summed E-state index contributed by atoms with van der Waals surface area (Å²) in [6.45, 7) is 2.85. The minimum atomic E-state index is -0.655. The first-order valence-electron chi connectivity index (χ1n) is 7.46. The second kappa shape index (κ2) is 9.90. The molecule has 0 aliphatic carbocycles. The Kier molecular flexibility index (Phi) is 8.23. The van der Waals surface area contributed by atoms with E-state index in [4.69, 9.17) is 5.11 Å². The van der Waals surface area contributed by atoms with Gasteiger partial charge in [-0.2, -0.15) is 0 Å². The van der Waals surface area contributed by atoms with E-state index in [-0.39, 0.29) is 37.2 Å². The van der Waals surface area contributed by atoms with Crippen molar-refractivity contribution in [2.45, 2.75) is 13.8 Å². The van der Waals surface area contributed by atoms with Crippen molar-refractivity contribution in [2.24, 2.45) is 0 Å². The van der Waals surface area contributed by atoms with Crippen LogP contribution in [0.3, 0.4) is 0 Å². The fraction of sp³-hybridized carbons (Fsp3) is 0.100. The van der Waals surface area contributed by atoms with E-state index in [1.807, 2.05) is 24.3 Å². The Balaban J connectivity index is 0.000000366. The van der Waals surface area contributed by atoms with Gasteiger partial charge in [0.25, 0.3) is 0 Å². The van der Waals surface area contributed by atoms with E-state index in [0.717, 1.165) is 22.9 Å². The van der Waals surface area contributed by atoms with Crippen LogP contribution in [0.4, 0.5) is 8.78 Å². The minimum Gasteiger partial charge on any atom is -0.512 e. The van der Waals surface area contributed by atoms with Crippen LogP contribution in [0, 0.1) is 17.7 Å². The maximum absolute atomic E-state index is 13.6. The van der Waals surface area contributed by atoms with Crippen molar-refractivity contribution in [1.29, 1.82) is 0 Å². The number of aliphatic hydroxyl groups is 1. The number of hydrogen-bond acceptors (Lipinski definition) is 3. The third kappa shape index (κ3) is 6.13. The molecule has 0 unspecified atom stereocenters. The number of rotatable bonds is 2. The van der Waals surface area contributed by atoms with Crippen LogP contribution in [0.15, 0.2) is 60.5 Å². The zero-order valence-electron chi connectivity index (χ0n) is 14.1. The summed E-state index contributed by atoms with van der Waals surface area (Å²) >= 11 is 0. The maximum atomic E-state index is 13.6. The largest absolute Gasteiger partial charge is 0.512 e. The fourth-order valence-electron chi connectivity index (χ4n) is 2.16. The van der Waals surface area contributed by atoms with Crippen molar-refractivity contribution in [2.75, 3.05) is 0 Å². The smallest absolute Gasteiger partial charge is 0.155 e. The molecule has 0 saturated carbocycles. The van der Waals surface area contributed by atoms with E-state index < -0.39 is 11.6 Å². The molecule has 0 atom stereocenters. The van der Waals surface area contributed by atoms with Gasteiger partial charge in [-0.25, -0.2) is 0 Å². The minimum absolute atomic E-state index is 0. The second-order valence-corrected chi connectivity index (χ2v) is 5.35. The number of benzene rings is 2. The van der Waals surface area contributed by atoms with Gasteiger partial charge >= 0.3 is 0 Å². The summed E-state index contributed by atoms with van der Waals surface area (Å²) in [5.41, 5.74) is 0.633. The third-order valence-electron chi connectivity index (χ3n) is 3.16. The fourth-order valence-corrected chi connectivity index (χ4v) is 2.16. The number of carbonyl (C=O) groups is 1. The molecule has 137 valence electrons. The Hall–Kier alpha value is -2.43. The van der Waals surface area contributed by atoms with Crippen LogP contribution in [0.1, 0.15) is 13.8 Å². The van der Waals surface area contributed by atoms with E-state index in [9.17, 15) is 13.6 Å². The van der Waals surface area contributed by atoms with Crippen molar-refractivity contribution in [3.8, 4) is 11.3 Å². The molecule has 0 fully saturated rings. The molecular formula is C20H16F2IrNO2-. The first-order chi connectivity index (χ1) is 11.9. The predicted octanol–water partition coefficient (Wildman–Crippen LogP) is 5.01. The Morgan fingerprint density at radius 3 is 2.35 bits per heavy atom. The molecule has 0 spiro atoms. The molecule has 2 aromatic carbocycles. The van der Waals surface area contributed by atoms with Gasteiger partial charge in [0.1, 0.15) is 0 Å². The number of halogens is 2. The Labute approximate surface area is 163 Å². The maximum Gasteiger partial charge on any atom is 0.155 e. The molecular weight excluding hydrogens is 516 g/mol. The summed E-state index contributed by atoms with van der Waals surface area (Å²) < 4.78 is 26.4. The molecule has 0 bridgehead atoms. The zero-order chi connectivity index (χ0) is 18.4. The summed E-state index contributed by atoms with van der Waals surface area (Å²) in [6.07, 6.45) is 2.83. The van der Waals surface area contributed by atoms with E-state index in [2.05, 4.69) is 11.1 Å². The van der Waals surface area contributed by atoms with E-state index >= 15 is 0 Å². The van der Waals surface area contributed by atoms with Crippen LogP contribution in [0.2, 0.25) is 0 Å². The topological polar surface area (TPSA) is 50.2 Å². The average Bonchev–Trinajstić information content (AvgIpc) is 2.54. The Bertz CT molecular complexity index is 938. The van der Waals surface area contributed by atoms with Crippen LogP contribution in [-0.2, 0) is 24.9 Å². The number of nitrogens with zero attached hydrogens (tertiary/aromatic N) is 1. The summed E-state index contributed by atoms with van der Waals surface area (Å²) in [5, 5.41) is 10.3. The zero-order valence-corrected chi connectivity index (χ0v) is 16.5. The number of fused-ring (bicyclic) bond motifs is 1. The van der Waals surface area contributed by atoms with Crippen LogP contribution in [0.5, 0.6) is 0 Å². The van der Waals surface area contributed by atoms with Gasteiger partial charge in [-0.05, 0) is 30.3 Å². The van der Waals surface area contributed by atoms with Gasteiger partial charge in [0, 0.05) is 44.0 Å². The third-order valence-corrected chi connectivity index (χ3v) is 3.16. The molecule has 3 aromatic rings. The van der Waals surface area contributed by atoms with Crippen LogP contribution in [0.25, 0.3) is 22.0 Å². The van der Waals surface area contributed by atoms with Crippen molar-refractivity contribution in [3.05, 3.63) is 78.2 Å². The average molecular weight is 533 g/mol. The van der Waals surface area contributed by atoms with Crippen molar-refractivity contribution in [3.63, 3.8) is 0 Å². The molecule has 0 aliphatic rings. The molecule has 3 nitrogen and oxygen atoms in total. The van der Waals surface area contributed by atoms with Gasteiger partial charge in [-0.15, -0.1) is 12.1 Å². The van der Waals surface area contributed by atoms with Crippen LogP contribution >= 0.6 is 0 Å². The second-order valence-electron chi connectivity index (χ2n) is 5.35. The number of hydrogen-bond donors (Lipinski definition) is 1. The first kappa shape index (κ1) is 21.6. The number of allylic oxidation sites excluding steroid dienone is 2. The van der Waals surface area contributed by atoms with Gasteiger partial charge in [-0.1, -0.05) is 42.0 Å². The van der Waals surface area contributed by atoms with Crippen molar-refractivity contribution >= 4 is 16.6 Å². The molecule has 0 amide bonds. The number of aromatic nitrogens is 1. The molecule has 3 rings (SSSR count). The van der Waals surface area contributed by atoms with Gasteiger partial charge in [0.05, 0.1) is 5.76 Å². The summed E-state index contributed by atoms with van der Waals surface area (Å²) in [6, 6.07) is 13.9. The van der Waals surface area contributed by atoms with Gasteiger partial charge in [-0.3, -0.25) is 13.6 Å². The summed E-state index contributed by atoms with van der Waals surface area (Å²) in [5.74, 6) is -1.36. The predicted molar refractivity (Wildman–Crippen MR) is 93.0 cm³/mol. The van der Waals surface area contributed by atoms with Crippen LogP contribution < -0.4 is 0 Å². The number of pyridine rings is 1. The van der Waals surface area contributed by atoms with Crippen molar-refractivity contribution < 1.29 is 38.8 Å². The quantitative estimate of drug-likeness (QED) is 0.287. The number of ketones is 1. The molecule has 0 saturated heterocycles. The summed E-state index contributed by atoms with van der Waals surface area (Å²) in [4.78, 5) is 14.2. The first-order valence-corrected chi connectivity index (χ1v) is 7.46. The molecule has 1 radical (unpaired) electrons. The SMILES string of the molecule is CC(=O)/C=C(/C)O.Fc1c[c-]c(-c2cc3ccccc3cn2)c(F)c1.[Ir]. The van der Waals surface area contributed by atoms with Gasteiger partial charge in [0.15, 0.2) is 5.78 Å². The molecule has 1 heterocycles. The Morgan fingerprint density at radius 2 is 1.81 bits per heavy atom. The Morgan fingerprint density at radius 1 is 1.15 bits per heavy atom. The number of aliphatic hydroxyl groups excluding tert-OH is 1. The molecule has 6 heteroatoms. The standard InChI is InChI=1S/C15H8F2N.C5H8O2.Ir/c16-12-5-6-13(14(17)8-12)15-7-10-3-1-2-4-11(10)9-18-15;1-4(6)3-5(2)7;/h1-5,7-9H;3,6H,1-2H3;/q-1;;/b;4-3-;. The molecule has 26 heavy (non-hydrogen) atoms. The van der Waals surface area contributed by atoms with E-state index in [0.29, 0.717) is 5.69 Å². The molecule has 1 aromatic heterocycles. The van der Waals surface area contributed by atoms with E-state index in [1.54, 1.807) is 12.3 Å². The van der Waals surface area contributed by atoms with Crippen LogP contribution in [-0.4, -0.2) is 15.9 Å². The number of carbonyl (C=O) groups excluding carboxylic acids is 1. The van der Waals surface area contributed by atoms with Gasteiger partial charge < -0.3 is 10.1 Å². The van der Waals surface area contributed by atoms with E-state index in [1.165, 1.54) is 19.9 Å². The molecule has 0 aliphatic heterocycles. The monoisotopic (exact) mass is 533 g/mol. The van der Waals surface area contributed by atoms with Gasteiger partial charge in [0.2, 0.25) is 0 Å². The van der Waals surface area contributed by atoms with Crippen molar-refractivity contribution in [1.82, 2.24) is 4.98 Å². The molecule has 1 N–H and O–H groups in total. The summed E-state index contributed by atoms with van der Waals surface area (Å²) in [7, 11) is 0. The normalized spacial score (nSPS) is 10.5.